The number of ether oxygens (including phenoxy) is 1. The smallest absolute Gasteiger partial charge is 0.407 e. The molecule has 33 heavy (non-hydrogen) atoms. The number of carboxylic acid groups (broad SMARTS) is 1. The number of nitrogens with one attached hydrogen (secondary N) is 3. The van der Waals surface area contributed by atoms with Crippen LogP contribution in [0.15, 0.2) is 48.5 Å². The predicted molar refractivity (Wildman–Crippen MR) is 121 cm³/mol. The largest absolute Gasteiger partial charge is 0.480 e. The quantitative estimate of drug-likeness (QED) is 0.434. The lowest BCUT2D eigenvalue weighted by molar-refractivity contribution is -0.137. The highest BCUT2D eigenvalue weighted by Crippen LogP contribution is 2.44. The Kier molecular flexibility index (Phi) is 8.01. The standard InChI is InChI=1S/C24H27N3O6/c1-2-15(23(31)26-12-21(28)25-13-22(29)30)11-27-24(32)33-14-20-18-9-5-3-7-16(18)17-8-4-6-10-19(17)20/h3-10,15,20H,2,11-14H2,1H3,(H,25,28)(H,26,31)(H,27,32)(H,29,30). The molecule has 0 heterocycles. The van der Waals surface area contributed by atoms with Gasteiger partial charge in [0.2, 0.25) is 11.8 Å². The summed E-state index contributed by atoms with van der Waals surface area (Å²) in [6.07, 6.45) is -0.186. The van der Waals surface area contributed by atoms with Crippen LogP contribution >= 0.6 is 0 Å². The van der Waals surface area contributed by atoms with Gasteiger partial charge in [-0.15, -0.1) is 0 Å². The van der Waals surface area contributed by atoms with E-state index in [-0.39, 0.29) is 25.6 Å². The Morgan fingerprint density at radius 3 is 2.09 bits per heavy atom. The monoisotopic (exact) mass is 453 g/mol. The van der Waals surface area contributed by atoms with Crippen LogP contribution in [0.2, 0.25) is 0 Å². The van der Waals surface area contributed by atoms with Crippen LogP contribution in [-0.4, -0.2) is 55.2 Å². The van der Waals surface area contributed by atoms with Crippen LogP contribution in [0.5, 0.6) is 0 Å². The minimum atomic E-state index is -1.17. The highest BCUT2D eigenvalue weighted by molar-refractivity contribution is 5.87. The molecule has 0 saturated heterocycles. The van der Waals surface area contributed by atoms with E-state index in [4.69, 9.17) is 9.84 Å². The fourth-order valence-corrected chi connectivity index (χ4v) is 3.83. The number of carboxylic acids is 1. The van der Waals surface area contributed by atoms with Crippen LogP contribution in [0.25, 0.3) is 11.1 Å². The molecule has 1 unspecified atom stereocenters. The van der Waals surface area contributed by atoms with Gasteiger partial charge < -0.3 is 25.8 Å². The lowest BCUT2D eigenvalue weighted by Crippen LogP contribution is -2.43. The first kappa shape index (κ1) is 23.8. The van der Waals surface area contributed by atoms with Crippen molar-refractivity contribution in [3.63, 3.8) is 0 Å². The van der Waals surface area contributed by atoms with Gasteiger partial charge in [0.25, 0.3) is 0 Å². The average Bonchev–Trinajstić information content (AvgIpc) is 3.14. The molecule has 3 rings (SSSR count). The van der Waals surface area contributed by atoms with Crippen LogP contribution in [0.3, 0.4) is 0 Å². The maximum absolute atomic E-state index is 12.3. The lowest BCUT2D eigenvalue weighted by Gasteiger charge is -2.17. The number of amides is 3. The van der Waals surface area contributed by atoms with Gasteiger partial charge in [0.15, 0.2) is 0 Å². The predicted octanol–water partition coefficient (Wildman–Crippen LogP) is 1.87. The van der Waals surface area contributed by atoms with Crippen molar-refractivity contribution in [2.45, 2.75) is 19.3 Å². The van der Waals surface area contributed by atoms with E-state index in [0.29, 0.717) is 6.42 Å². The van der Waals surface area contributed by atoms with E-state index in [1.165, 1.54) is 0 Å². The molecule has 2 aromatic rings. The minimum Gasteiger partial charge on any atom is -0.480 e. The van der Waals surface area contributed by atoms with Crippen molar-refractivity contribution in [1.29, 1.82) is 0 Å². The molecule has 1 aliphatic carbocycles. The molecule has 2 aromatic carbocycles. The average molecular weight is 453 g/mol. The summed E-state index contributed by atoms with van der Waals surface area (Å²) in [6, 6.07) is 16.1. The normalized spacial score (nSPS) is 12.8. The molecular weight excluding hydrogens is 426 g/mol. The van der Waals surface area contributed by atoms with E-state index in [1.807, 2.05) is 36.4 Å². The molecule has 4 N–H and O–H groups in total. The van der Waals surface area contributed by atoms with Gasteiger partial charge in [-0.1, -0.05) is 55.5 Å². The molecule has 0 aliphatic heterocycles. The Morgan fingerprint density at radius 1 is 0.909 bits per heavy atom. The van der Waals surface area contributed by atoms with Crippen molar-refractivity contribution < 1.29 is 29.0 Å². The third-order valence-electron chi connectivity index (χ3n) is 5.56. The summed E-state index contributed by atoms with van der Waals surface area (Å²) in [5.74, 6) is -2.81. The highest BCUT2D eigenvalue weighted by Gasteiger charge is 2.29. The Labute approximate surface area is 191 Å². The molecule has 0 bridgehead atoms. The van der Waals surface area contributed by atoms with Gasteiger partial charge in [0.05, 0.1) is 12.5 Å². The van der Waals surface area contributed by atoms with E-state index >= 15 is 0 Å². The molecule has 9 nitrogen and oxygen atoms in total. The molecule has 1 atom stereocenters. The number of hydrogen-bond acceptors (Lipinski definition) is 5. The fourth-order valence-electron chi connectivity index (χ4n) is 3.83. The van der Waals surface area contributed by atoms with Gasteiger partial charge in [0.1, 0.15) is 13.2 Å². The summed E-state index contributed by atoms with van der Waals surface area (Å²) in [6.45, 7) is 1.15. The zero-order valence-electron chi connectivity index (χ0n) is 18.3. The third kappa shape index (κ3) is 6.09. The second kappa shape index (κ2) is 11.1. The van der Waals surface area contributed by atoms with Crippen molar-refractivity contribution in [1.82, 2.24) is 16.0 Å². The summed E-state index contributed by atoms with van der Waals surface area (Å²) >= 11 is 0. The molecular formula is C24H27N3O6. The first-order valence-electron chi connectivity index (χ1n) is 10.8. The number of alkyl carbamates (subject to hydrolysis) is 1. The summed E-state index contributed by atoms with van der Waals surface area (Å²) in [5.41, 5.74) is 4.49. The molecule has 0 spiro atoms. The first-order valence-corrected chi connectivity index (χ1v) is 10.8. The van der Waals surface area contributed by atoms with Crippen LogP contribution in [0.1, 0.15) is 30.4 Å². The summed E-state index contributed by atoms with van der Waals surface area (Å²) in [4.78, 5) is 46.6. The number of fused-ring (bicyclic) bond motifs is 3. The SMILES string of the molecule is CCC(CNC(=O)OCC1c2ccccc2-c2ccccc21)C(=O)NCC(=O)NCC(=O)O. The lowest BCUT2D eigenvalue weighted by atomic mass is 9.98. The van der Waals surface area contributed by atoms with Crippen LogP contribution < -0.4 is 16.0 Å². The number of aliphatic carboxylic acids is 1. The van der Waals surface area contributed by atoms with Crippen molar-refractivity contribution in [3.05, 3.63) is 59.7 Å². The van der Waals surface area contributed by atoms with E-state index in [9.17, 15) is 19.2 Å². The Balaban J connectivity index is 1.47. The maximum atomic E-state index is 12.3. The fraction of sp³-hybridized carbons (Fsp3) is 0.333. The topological polar surface area (TPSA) is 134 Å². The summed E-state index contributed by atoms with van der Waals surface area (Å²) in [5, 5.41) is 15.8. The molecule has 9 heteroatoms. The van der Waals surface area contributed by atoms with Gasteiger partial charge in [-0.2, -0.15) is 0 Å². The molecule has 0 aromatic heterocycles. The second-order valence-electron chi connectivity index (χ2n) is 7.70. The number of carbonyl (C=O) groups excluding carboxylic acids is 3. The Morgan fingerprint density at radius 2 is 1.52 bits per heavy atom. The molecule has 0 fully saturated rings. The zero-order valence-corrected chi connectivity index (χ0v) is 18.3. The van der Waals surface area contributed by atoms with Crippen LogP contribution in [-0.2, 0) is 19.1 Å². The Hall–Kier alpha value is -3.88. The number of rotatable bonds is 10. The molecule has 1 aliphatic rings. The van der Waals surface area contributed by atoms with Crippen molar-refractivity contribution in [2.24, 2.45) is 5.92 Å². The highest BCUT2D eigenvalue weighted by atomic mass is 16.5. The van der Waals surface area contributed by atoms with Crippen LogP contribution in [0, 0.1) is 5.92 Å². The molecule has 0 saturated carbocycles. The second-order valence-corrected chi connectivity index (χ2v) is 7.70. The number of carbonyl (C=O) groups is 4. The maximum Gasteiger partial charge on any atom is 0.407 e. The van der Waals surface area contributed by atoms with E-state index < -0.39 is 36.3 Å². The number of hydrogen-bond donors (Lipinski definition) is 4. The Bertz CT molecular complexity index is 993. The van der Waals surface area contributed by atoms with Crippen molar-refractivity contribution >= 4 is 23.9 Å². The van der Waals surface area contributed by atoms with Gasteiger partial charge in [-0.05, 0) is 28.7 Å². The molecule has 174 valence electrons. The van der Waals surface area contributed by atoms with Crippen LogP contribution in [0.4, 0.5) is 4.79 Å². The zero-order chi connectivity index (χ0) is 23.8. The molecule has 0 radical (unpaired) electrons. The van der Waals surface area contributed by atoms with Gasteiger partial charge >= 0.3 is 12.1 Å². The van der Waals surface area contributed by atoms with Gasteiger partial charge in [-0.3, -0.25) is 14.4 Å². The van der Waals surface area contributed by atoms with Crippen molar-refractivity contribution in [2.75, 3.05) is 26.2 Å². The van der Waals surface area contributed by atoms with Gasteiger partial charge in [0, 0.05) is 12.5 Å². The minimum absolute atomic E-state index is 0.0513. The van der Waals surface area contributed by atoms with E-state index in [0.717, 1.165) is 22.3 Å². The van der Waals surface area contributed by atoms with Crippen molar-refractivity contribution in [3.8, 4) is 11.1 Å². The summed E-state index contributed by atoms with van der Waals surface area (Å²) in [7, 11) is 0. The third-order valence-corrected chi connectivity index (χ3v) is 5.56. The summed E-state index contributed by atoms with van der Waals surface area (Å²) < 4.78 is 5.47. The van der Waals surface area contributed by atoms with E-state index in [1.54, 1.807) is 6.92 Å². The van der Waals surface area contributed by atoms with E-state index in [2.05, 4.69) is 28.1 Å². The molecule has 3 amide bonds. The number of benzene rings is 2. The first-order chi connectivity index (χ1) is 15.9. The van der Waals surface area contributed by atoms with Gasteiger partial charge in [-0.25, -0.2) is 4.79 Å².